The molecule has 6 aromatic rings. The van der Waals surface area contributed by atoms with Crippen molar-refractivity contribution in [3.05, 3.63) is 246 Å². The Labute approximate surface area is 475 Å². The minimum Gasteiger partial charge on any atom is -0.0795 e. The average Bonchev–Trinajstić information content (AvgIpc) is 4.25. The Kier molecular flexibility index (Phi) is 18.3. The van der Waals surface area contributed by atoms with Crippen molar-refractivity contribution in [1.29, 1.82) is 0 Å². The maximum Gasteiger partial charge on any atom is -0.00526 e. The Hall–Kier alpha value is -6.24. The molecule has 0 heteroatoms. The molecule has 0 saturated heterocycles. The highest BCUT2D eigenvalue weighted by atomic mass is 14.3. The van der Waals surface area contributed by atoms with Crippen LogP contribution in [0.1, 0.15) is 214 Å². The van der Waals surface area contributed by atoms with Crippen LogP contribution in [0.3, 0.4) is 0 Å². The highest BCUT2D eigenvalue weighted by Crippen LogP contribution is 2.40. The first-order valence-corrected chi connectivity index (χ1v) is 29.2. The molecule has 0 fully saturated rings. The molecular formula is C78H96. The Bertz CT molecular complexity index is 3240. The summed E-state index contributed by atoms with van der Waals surface area (Å²) in [5.41, 5.74) is 28.0. The molecular weight excluding hydrogens is 937 g/mol. The van der Waals surface area contributed by atoms with Crippen molar-refractivity contribution in [3.8, 4) is 0 Å². The Morgan fingerprint density at radius 2 is 0.846 bits per heavy atom. The zero-order valence-electron chi connectivity index (χ0n) is 51.6. The van der Waals surface area contributed by atoms with E-state index in [1.165, 1.54) is 94.6 Å². The fraction of sp³-hybridized carbons (Fsp3) is 0.385. The monoisotopic (exact) mass is 1030 g/mol. The molecule has 12 rings (SSSR count). The molecule has 0 N–H and O–H groups in total. The lowest BCUT2D eigenvalue weighted by molar-refractivity contribution is 0.498. The van der Waals surface area contributed by atoms with Crippen molar-refractivity contribution in [2.45, 2.75) is 185 Å². The van der Waals surface area contributed by atoms with Crippen molar-refractivity contribution in [2.75, 3.05) is 0 Å². The lowest BCUT2D eigenvalue weighted by Gasteiger charge is -2.22. The van der Waals surface area contributed by atoms with E-state index >= 15 is 0 Å². The molecule has 0 saturated carbocycles. The largest absolute Gasteiger partial charge is 0.0795 e. The van der Waals surface area contributed by atoms with Crippen molar-refractivity contribution in [3.63, 3.8) is 0 Å². The predicted molar refractivity (Wildman–Crippen MR) is 347 cm³/mol. The molecule has 0 aromatic heterocycles. The standard InChI is InChI=1S/6C13H16/c2*1-13(2,3)12-9-5-7-10-6-4-8-11(10)12;2*1-13(2,3)12-8-7-10-5-4-6-11(10)9-12;1-13(2,3)12-8-10-6-4-5-7-11(10)9-12;1-13(2,3)12-9-8-10-6-4-5-7-11(10)12/h4-5,7-9H,6H2,1-3H3;4-7,9H,8H2,1-3H3;4,6-9H,5H2,1-3H3;4-5,7-9H,6H2,1-3H3;4-8H,9H2,1-3H3;4-7,9H,8H2,1-3H3. The quantitative estimate of drug-likeness (QED) is 0.142. The van der Waals surface area contributed by atoms with Crippen molar-refractivity contribution in [2.24, 2.45) is 10.8 Å². The maximum absolute atomic E-state index is 2.37. The van der Waals surface area contributed by atoms with E-state index in [4.69, 9.17) is 0 Å². The first kappa shape index (κ1) is 59.4. The van der Waals surface area contributed by atoms with Gasteiger partial charge in [0.05, 0.1) is 0 Å². The molecule has 0 nitrogen and oxygen atoms in total. The lowest BCUT2D eigenvalue weighted by atomic mass is 9.82. The van der Waals surface area contributed by atoms with Gasteiger partial charge in [0.1, 0.15) is 0 Å². The van der Waals surface area contributed by atoms with Crippen LogP contribution in [0.4, 0.5) is 0 Å². The second-order valence-corrected chi connectivity index (χ2v) is 28.5. The van der Waals surface area contributed by atoms with Crippen molar-refractivity contribution >= 4 is 36.0 Å². The Morgan fingerprint density at radius 1 is 0.321 bits per heavy atom. The van der Waals surface area contributed by atoms with Crippen LogP contribution in [0.15, 0.2) is 157 Å². The zero-order valence-corrected chi connectivity index (χ0v) is 51.6. The molecule has 78 heavy (non-hydrogen) atoms. The number of hydrogen-bond acceptors (Lipinski definition) is 0. The van der Waals surface area contributed by atoms with Gasteiger partial charge in [-0.15, -0.1) is 0 Å². The molecule has 0 heterocycles. The van der Waals surface area contributed by atoms with Crippen LogP contribution in [0.5, 0.6) is 0 Å². The van der Waals surface area contributed by atoms with Gasteiger partial charge in [-0.3, -0.25) is 0 Å². The van der Waals surface area contributed by atoms with Gasteiger partial charge >= 0.3 is 0 Å². The molecule has 6 aliphatic carbocycles. The van der Waals surface area contributed by atoms with Gasteiger partial charge in [0.2, 0.25) is 0 Å². The van der Waals surface area contributed by atoms with E-state index in [0.717, 1.165) is 38.5 Å². The fourth-order valence-electron chi connectivity index (χ4n) is 11.1. The summed E-state index contributed by atoms with van der Waals surface area (Å²) in [7, 11) is 0. The van der Waals surface area contributed by atoms with Crippen molar-refractivity contribution < 1.29 is 0 Å². The summed E-state index contributed by atoms with van der Waals surface area (Å²) < 4.78 is 0. The summed E-state index contributed by atoms with van der Waals surface area (Å²) in [6, 6.07) is 44.3. The summed E-state index contributed by atoms with van der Waals surface area (Å²) in [6.45, 7) is 40.9. The molecule has 0 aliphatic heterocycles. The van der Waals surface area contributed by atoms with Gasteiger partial charge in [0, 0.05) is 0 Å². The predicted octanol–water partition coefficient (Wildman–Crippen LogP) is 21.6. The summed E-state index contributed by atoms with van der Waals surface area (Å²) in [4.78, 5) is 0. The van der Waals surface area contributed by atoms with Crippen molar-refractivity contribution in [1.82, 2.24) is 0 Å². The van der Waals surface area contributed by atoms with Crippen LogP contribution < -0.4 is 0 Å². The number of hydrogen-bond donors (Lipinski definition) is 0. The van der Waals surface area contributed by atoms with E-state index in [1.54, 1.807) is 5.57 Å². The van der Waals surface area contributed by atoms with E-state index in [2.05, 4.69) is 307 Å². The fourth-order valence-corrected chi connectivity index (χ4v) is 11.1. The number of benzene rings is 6. The molecule has 0 atom stereocenters. The minimum absolute atomic E-state index is 0.264. The minimum atomic E-state index is 0.264. The molecule has 6 aromatic carbocycles. The van der Waals surface area contributed by atoms with Gasteiger partial charge in [-0.25, -0.2) is 0 Å². The topological polar surface area (TPSA) is 0 Å². The summed E-state index contributed by atoms with van der Waals surface area (Å²) in [6.07, 6.45) is 29.3. The first-order valence-electron chi connectivity index (χ1n) is 29.2. The van der Waals surface area contributed by atoms with Gasteiger partial charge in [-0.05, 0) is 166 Å². The van der Waals surface area contributed by atoms with Gasteiger partial charge in [-0.1, -0.05) is 312 Å². The van der Waals surface area contributed by atoms with Gasteiger partial charge in [-0.2, -0.15) is 0 Å². The molecule has 0 radical (unpaired) electrons. The SMILES string of the molecule is CC(C)(C)C1=CCc2ccccc21.CC(C)(C)C1=Cc2ccccc2C1.CC(C)(C)c1ccc2c(c1)C=CC2.CC(C)(C)c1ccc2c(c1)CC=C2.CC(C)(C)c1cccc2c1C=CC2.CC(C)(C)c1cccc2c1CC=C2. The van der Waals surface area contributed by atoms with Crippen LogP contribution >= 0.6 is 0 Å². The maximum atomic E-state index is 2.37. The Balaban J connectivity index is 0.000000136. The van der Waals surface area contributed by atoms with E-state index < -0.39 is 0 Å². The van der Waals surface area contributed by atoms with E-state index in [1.807, 2.05) is 0 Å². The zero-order chi connectivity index (χ0) is 56.8. The summed E-state index contributed by atoms with van der Waals surface area (Å²) in [5.74, 6) is 0. The lowest BCUT2D eigenvalue weighted by Crippen LogP contribution is -2.13. The highest BCUT2D eigenvalue weighted by molar-refractivity contribution is 5.76. The Morgan fingerprint density at radius 3 is 1.50 bits per heavy atom. The van der Waals surface area contributed by atoms with Gasteiger partial charge in [0.15, 0.2) is 0 Å². The normalized spacial score (nSPS) is 14.9. The van der Waals surface area contributed by atoms with Crippen LogP contribution in [0, 0.1) is 10.8 Å². The molecule has 0 amide bonds. The van der Waals surface area contributed by atoms with Crippen LogP contribution in [-0.4, -0.2) is 0 Å². The van der Waals surface area contributed by atoms with Crippen LogP contribution in [-0.2, 0) is 60.2 Å². The molecule has 6 aliphatic rings. The second kappa shape index (κ2) is 24.0. The second-order valence-electron chi connectivity index (χ2n) is 28.5. The van der Waals surface area contributed by atoms with Gasteiger partial charge in [0.25, 0.3) is 0 Å². The summed E-state index contributed by atoms with van der Waals surface area (Å²) in [5, 5.41) is 0. The van der Waals surface area contributed by atoms with Gasteiger partial charge < -0.3 is 0 Å². The molecule has 0 bridgehead atoms. The van der Waals surface area contributed by atoms with E-state index in [-0.39, 0.29) is 27.1 Å². The number of rotatable bonds is 0. The average molecular weight is 1030 g/mol. The number of allylic oxidation sites excluding steroid dienone is 7. The molecule has 0 spiro atoms. The highest BCUT2D eigenvalue weighted by Gasteiger charge is 2.26. The third kappa shape index (κ3) is 15.3. The smallest absolute Gasteiger partial charge is 0.00526 e. The van der Waals surface area contributed by atoms with Crippen LogP contribution in [0.25, 0.3) is 36.0 Å². The first-order chi connectivity index (χ1) is 36.5. The van der Waals surface area contributed by atoms with E-state index in [9.17, 15) is 0 Å². The molecule has 0 unspecified atom stereocenters. The van der Waals surface area contributed by atoms with E-state index in [0.29, 0.717) is 5.41 Å². The summed E-state index contributed by atoms with van der Waals surface area (Å²) >= 11 is 0. The van der Waals surface area contributed by atoms with Crippen LogP contribution in [0.2, 0.25) is 0 Å². The number of fused-ring (bicyclic) bond motifs is 6. The molecule has 408 valence electrons. The third-order valence-corrected chi connectivity index (χ3v) is 15.9. The third-order valence-electron chi connectivity index (χ3n) is 15.9.